The van der Waals surface area contributed by atoms with Gasteiger partial charge in [0.1, 0.15) is 5.69 Å². The van der Waals surface area contributed by atoms with Crippen LogP contribution in [0.2, 0.25) is 0 Å². The first-order valence-corrected chi connectivity index (χ1v) is 8.07. The zero-order valence-corrected chi connectivity index (χ0v) is 13.7. The maximum Gasteiger partial charge on any atom is 0.274 e. The quantitative estimate of drug-likeness (QED) is 0.789. The zero-order valence-electron chi connectivity index (χ0n) is 13.7. The molecule has 1 aromatic carbocycles. The molecule has 0 spiro atoms. The fraction of sp³-hybridized carbons (Fsp3) is 0.389. The molecule has 0 radical (unpaired) electrons. The topological polar surface area (TPSA) is 55.2 Å². The number of carbonyl (C=O) groups excluding carboxylic acids is 1. The van der Waals surface area contributed by atoms with Crippen LogP contribution in [0.3, 0.4) is 0 Å². The highest BCUT2D eigenvalue weighted by atomic mass is 16.2. The van der Waals surface area contributed by atoms with E-state index in [1.807, 2.05) is 37.3 Å². The summed E-state index contributed by atoms with van der Waals surface area (Å²) in [6, 6.07) is 12.5. The molecule has 2 aromatic rings. The fourth-order valence-electron chi connectivity index (χ4n) is 2.35. The monoisotopic (exact) mass is 313 g/mol. The predicted molar refractivity (Wildman–Crippen MR) is 90.5 cm³/mol. The number of carbonyl (C=O) groups is 1. The van der Waals surface area contributed by atoms with E-state index in [4.69, 9.17) is 0 Å². The average molecular weight is 313 g/mol. The van der Waals surface area contributed by atoms with Crippen molar-refractivity contribution in [1.82, 2.24) is 14.7 Å². The second-order valence-corrected chi connectivity index (χ2v) is 5.44. The Hall–Kier alpha value is -2.43. The second kappa shape index (κ2) is 8.27. The molecule has 1 heterocycles. The SMILES string of the molecule is CCCCN(CC)C(=O)c1ccc(=O)n(Cc2ccccc2)n1. The first-order valence-electron chi connectivity index (χ1n) is 8.07. The summed E-state index contributed by atoms with van der Waals surface area (Å²) in [6.45, 7) is 5.76. The maximum atomic E-state index is 12.5. The summed E-state index contributed by atoms with van der Waals surface area (Å²) in [6.07, 6.45) is 1.99. The maximum absolute atomic E-state index is 12.5. The van der Waals surface area contributed by atoms with Gasteiger partial charge in [-0.25, -0.2) is 4.68 Å². The van der Waals surface area contributed by atoms with Crippen LogP contribution in [0, 0.1) is 0 Å². The molecule has 122 valence electrons. The van der Waals surface area contributed by atoms with Crippen LogP contribution in [0.15, 0.2) is 47.3 Å². The minimum absolute atomic E-state index is 0.122. The third kappa shape index (κ3) is 4.52. The van der Waals surface area contributed by atoms with Gasteiger partial charge in [-0.05, 0) is 25.0 Å². The highest BCUT2D eigenvalue weighted by Crippen LogP contribution is 2.04. The molecule has 1 amide bonds. The van der Waals surface area contributed by atoms with Crippen molar-refractivity contribution in [3.8, 4) is 0 Å². The molecule has 0 aliphatic heterocycles. The molecule has 23 heavy (non-hydrogen) atoms. The van der Waals surface area contributed by atoms with E-state index >= 15 is 0 Å². The Morgan fingerprint density at radius 2 is 1.87 bits per heavy atom. The van der Waals surface area contributed by atoms with Crippen molar-refractivity contribution in [1.29, 1.82) is 0 Å². The number of nitrogens with zero attached hydrogens (tertiary/aromatic N) is 3. The molecule has 2 rings (SSSR count). The van der Waals surface area contributed by atoms with Gasteiger partial charge in [0.25, 0.3) is 11.5 Å². The van der Waals surface area contributed by atoms with Gasteiger partial charge in [0.2, 0.25) is 0 Å². The number of unbranched alkanes of at least 4 members (excludes halogenated alkanes) is 1. The third-order valence-electron chi connectivity index (χ3n) is 3.71. The first kappa shape index (κ1) is 16.9. The van der Waals surface area contributed by atoms with Crippen LogP contribution in [0.5, 0.6) is 0 Å². The van der Waals surface area contributed by atoms with Crippen molar-refractivity contribution in [2.45, 2.75) is 33.2 Å². The lowest BCUT2D eigenvalue weighted by atomic mass is 10.2. The second-order valence-electron chi connectivity index (χ2n) is 5.44. The van der Waals surface area contributed by atoms with Gasteiger partial charge in [0, 0.05) is 19.2 Å². The van der Waals surface area contributed by atoms with Gasteiger partial charge in [-0.3, -0.25) is 9.59 Å². The lowest BCUT2D eigenvalue weighted by Crippen LogP contribution is -2.34. The largest absolute Gasteiger partial charge is 0.338 e. The smallest absolute Gasteiger partial charge is 0.274 e. The standard InChI is InChI=1S/C18H23N3O2/c1-3-5-13-20(4-2)18(23)16-11-12-17(22)21(19-16)14-15-9-7-6-8-10-15/h6-12H,3-5,13-14H2,1-2H3. The molecule has 0 saturated heterocycles. The van der Waals surface area contributed by atoms with Gasteiger partial charge in [-0.15, -0.1) is 0 Å². The molecular weight excluding hydrogens is 290 g/mol. The Labute approximate surface area is 136 Å². The van der Waals surface area contributed by atoms with Gasteiger partial charge in [-0.1, -0.05) is 43.7 Å². The molecule has 0 bridgehead atoms. The van der Waals surface area contributed by atoms with Crippen LogP contribution < -0.4 is 5.56 Å². The van der Waals surface area contributed by atoms with Crippen LogP contribution in [0.25, 0.3) is 0 Å². The highest BCUT2D eigenvalue weighted by Gasteiger charge is 2.16. The predicted octanol–water partition coefficient (Wildman–Crippen LogP) is 2.55. The van der Waals surface area contributed by atoms with Gasteiger partial charge in [-0.2, -0.15) is 5.10 Å². The summed E-state index contributed by atoms with van der Waals surface area (Å²) in [4.78, 5) is 26.3. The van der Waals surface area contributed by atoms with E-state index in [2.05, 4.69) is 12.0 Å². The highest BCUT2D eigenvalue weighted by molar-refractivity contribution is 5.92. The van der Waals surface area contributed by atoms with Crippen molar-refractivity contribution < 1.29 is 4.79 Å². The van der Waals surface area contributed by atoms with E-state index in [9.17, 15) is 9.59 Å². The minimum Gasteiger partial charge on any atom is -0.338 e. The Bertz CT molecular complexity index is 695. The summed E-state index contributed by atoms with van der Waals surface area (Å²) in [5, 5.41) is 4.26. The minimum atomic E-state index is -0.206. The zero-order chi connectivity index (χ0) is 16.7. The Morgan fingerprint density at radius 1 is 1.13 bits per heavy atom. The molecule has 1 aromatic heterocycles. The molecule has 0 saturated carbocycles. The molecule has 0 unspecified atom stereocenters. The molecule has 0 aliphatic carbocycles. The van der Waals surface area contributed by atoms with Crippen molar-refractivity contribution >= 4 is 5.91 Å². The van der Waals surface area contributed by atoms with Crippen LogP contribution >= 0.6 is 0 Å². The molecule has 5 heteroatoms. The van der Waals surface area contributed by atoms with Gasteiger partial charge < -0.3 is 4.90 Å². The summed E-state index contributed by atoms with van der Waals surface area (Å²) in [7, 11) is 0. The summed E-state index contributed by atoms with van der Waals surface area (Å²) >= 11 is 0. The van der Waals surface area contributed by atoms with Crippen LogP contribution in [0.1, 0.15) is 42.7 Å². The lowest BCUT2D eigenvalue weighted by molar-refractivity contribution is 0.0753. The van der Waals surface area contributed by atoms with Gasteiger partial charge in [0.05, 0.1) is 6.54 Å². The van der Waals surface area contributed by atoms with Crippen molar-refractivity contribution in [3.05, 3.63) is 64.1 Å². The van der Waals surface area contributed by atoms with E-state index < -0.39 is 0 Å². The Kier molecular flexibility index (Phi) is 6.09. The fourth-order valence-corrected chi connectivity index (χ4v) is 2.35. The third-order valence-corrected chi connectivity index (χ3v) is 3.71. The first-order chi connectivity index (χ1) is 11.2. The van der Waals surface area contributed by atoms with Crippen LogP contribution in [0.4, 0.5) is 0 Å². The molecule has 0 atom stereocenters. The molecule has 0 aliphatic rings. The van der Waals surface area contributed by atoms with Crippen molar-refractivity contribution in [3.63, 3.8) is 0 Å². The van der Waals surface area contributed by atoms with E-state index in [1.165, 1.54) is 16.8 Å². The molecule has 5 nitrogen and oxygen atoms in total. The summed E-state index contributed by atoms with van der Waals surface area (Å²) < 4.78 is 1.34. The van der Waals surface area contributed by atoms with Crippen molar-refractivity contribution in [2.75, 3.05) is 13.1 Å². The normalized spacial score (nSPS) is 10.5. The van der Waals surface area contributed by atoms with E-state index in [-0.39, 0.29) is 11.5 Å². The summed E-state index contributed by atoms with van der Waals surface area (Å²) in [5.41, 5.74) is 1.09. The van der Waals surface area contributed by atoms with E-state index in [1.54, 1.807) is 4.90 Å². The van der Waals surface area contributed by atoms with E-state index in [0.717, 1.165) is 18.4 Å². The number of hydrogen-bond acceptors (Lipinski definition) is 3. The average Bonchev–Trinajstić information content (AvgIpc) is 2.58. The summed E-state index contributed by atoms with van der Waals surface area (Å²) in [5.74, 6) is -0.122. The number of hydrogen-bond donors (Lipinski definition) is 0. The number of aromatic nitrogens is 2. The Balaban J connectivity index is 2.22. The molecule has 0 fully saturated rings. The van der Waals surface area contributed by atoms with Crippen molar-refractivity contribution in [2.24, 2.45) is 0 Å². The number of benzene rings is 1. The number of amides is 1. The van der Waals surface area contributed by atoms with Gasteiger partial charge >= 0.3 is 0 Å². The van der Waals surface area contributed by atoms with Crippen LogP contribution in [-0.2, 0) is 6.54 Å². The van der Waals surface area contributed by atoms with Crippen LogP contribution in [-0.4, -0.2) is 33.7 Å². The van der Waals surface area contributed by atoms with E-state index in [0.29, 0.717) is 25.3 Å². The Morgan fingerprint density at radius 3 is 2.52 bits per heavy atom. The molecule has 0 N–H and O–H groups in total. The molecular formula is C18H23N3O2. The lowest BCUT2D eigenvalue weighted by Gasteiger charge is -2.20. The number of rotatable bonds is 7. The van der Waals surface area contributed by atoms with Gasteiger partial charge in [0.15, 0.2) is 0 Å².